The zero-order valence-electron chi connectivity index (χ0n) is 9.08. The van der Waals surface area contributed by atoms with E-state index in [-0.39, 0.29) is 0 Å². The van der Waals surface area contributed by atoms with Crippen LogP contribution in [0.1, 0.15) is 27.7 Å². The van der Waals surface area contributed by atoms with E-state index in [9.17, 15) is 0 Å². The number of nitrogens with zero attached hydrogens (tertiary/aromatic N) is 1. The molecule has 0 aromatic heterocycles. The Morgan fingerprint density at radius 3 is 1.77 bits per heavy atom. The third-order valence-corrected chi connectivity index (χ3v) is 1.88. The highest BCUT2D eigenvalue weighted by molar-refractivity contribution is 8.11. The third kappa shape index (κ3) is 8.72. The van der Waals surface area contributed by atoms with Crippen molar-refractivity contribution in [3.05, 3.63) is 0 Å². The summed E-state index contributed by atoms with van der Waals surface area (Å²) in [6.45, 7) is 12.0. The van der Waals surface area contributed by atoms with Gasteiger partial charge in [0.2, 0.25) is 0 Å². The highest BCUT2D eigenvalue weighted by atomic mass is 32.1. The van der Waals surface area contributed by atoms with Gasteiger partial charge in [0.1, 0.15) is 0 Å². The van der Waals surface area contributed by atoms with Gasteiger partial charge in [-0.2, -0.15) is 0 Å². The minimum Gasteiger partial charge on any atom is -0.297 e. The zero-order valence-corrected chi connectivity index (χ0v) is 10.8. The van der Waals surface area contributed by atoms with Gasteiger partial charge in [-0.15, -0.1) is 12.6 Å². The lowest BCUT2D eigenvalue weighted by molar-refractivity contribution is 0.249. The van der Waals surface area contributed by atoms with E-state index in [1.54, 1.807) is 0 Å². The van der Waals surface area contributed by atoms with Crippen molar-refractivity contribution in [3.63, 3.8) is 0 Å². The first kappa shape index (κ1) is 13.4. The fraction of sp³-hybridized carbons (Fsp3) is 0.900. The highest BCUT2D eigenvalue weighted by Crippen LogP contribution is 2.04. The predicted molar refractivity (Wildman–Crippen MR) is 67.7 cm³/mol. The van der Waals surface area contributed by atoms with E-state index in [0.29, 0.717) is 11.8 Å². The topological polar surface area (TPSA) is 3.24 Å². The van der Waals surface area contributed by atoms with Gasteiger partial charge in [-0.3, -0.25) is 4.90 Å². The molecule has 0 aliphatic rings. The molecule has 0 aliphatic heterocycles. The molecule has 0 spiro atoms. The Bertz CT molecular complexity index is 145. The van der Waals surface area contributed by atoms with Crippen molar-refractivity contribution in [2.75, 3.05) is 19.6 Å². The van der Waals surface area contributed by atoms with Crippen LogP contribution in [0.4, 0.5) is 0 Å². The molecular weight excluding hydrogens is 198 g/mol. The largest absolute Gasteiger partial charge is 0.297 e. The predicted octanol–water partition coefficient (Wildman–Crippen LogP) is 2.86. The number of thiocarbonyl (C=S) groups is 1. The smallest absolute Gasteiger partial charge is 0.0588 e. The summed E-state index contributed by atoms with van der Waals surface area (Å²) in [5.41, 5.74) is 0. The number of hydrogen-bond donors (Lipinski definition) is 1. The Morgan fingerprint density at radius 2 is 1.54 bits per heavy atom. The Balaban J connectivity index is 3.95. The molecule has 1 nitrogen and oxygen atoms in total. The first-order valence-corrected chi connectivity index (χ1v) is 5.71. The number of hydrogen-bond acceptors (Lipinski definition) is 2. The van der Waals surface area contributed by atoms with Crippen molar-refractivity contribution >= 4 is 29.0 Å². The standard InChI is InChI=1S/C10H21NS2/c1-8(2)5-11(6-9(3)4)7-10(12)13/h8-9H,5-7H2,1-4H3,(H,12,13). The maximum atomic E-state index is 5.00. The molecule has 3 heteroatoms. The summed E-state index contributed by atoms with van der Waals surface area (Å²) in [6, 6.07) is 0. The van der Waals surface area contributed by atoms with Crippen LogP contribution >= 0.6 is 24.8 Å². The molecule has 13 heavy (non-hydrogen) atoms. The second kappa shape index (κ2) is 6.80. The Kier molecular flexibility index (Phi) is 7.00. The van der Waals surface area contributed by atoms with E-state index in [0.717, 1.165) is 23.8 Å². The van der Waals surface area contributed by atoms with Gasteiger partial charge in [0.25, 0.3) is 0 Å². The van der Waals surface area contributed by atoms with Crippen LogP contribution in [0.5, 0.6) is 0 Å². The van der Waals surface area contributed by atoms with Crippen LogP contribution in [0, 0.1) is 11.8 Å². The quantitative estimate of drug-likeness (QED) is 0.540. The molecular formula is C10H21NS2. The number of thiol groups is 1. The van der Waals surface area contributed by atoms with Crippen LogP contribution in [0.3, 0.4) is 0 Å². The van der Waals surface area contributed by atoms with Crippen LogP contribution in [-0.2, 0) is 0 Å². The summed E-state index contributed by atoms with van der Waals surface area (Å²) in [5.74, 6) is 1.39. The molecule has 0 atom stereocenters. The van der Waals surface area contributed by atoms with Gasteiger partial charge in [0, 0.05) is 19.6 Å². The molecule has 0 saturated heterocycles. The van der Waals surface area contributed by atoms with Crippen molar-refractivity contribution in [3.8, 4) is 0 Å². The second-order valence-electron chi connectivity index (χ2n) is 4.38. The van der Waals surface area contributed by atoms with Gasteiger partial charge >= 0.3 is 0 Å². The summed E-state index contributed by atoms with van der Waals surface area (Å²) in [4.78, 5) is 2.38. The van der Waals surface area contributed by atoms with Crippen molar-refractivity contribution in [1.29, 1.82) is 0 Å². The van der Waals surface area contributed by atoms with E-state index in [2.05, 4.69) is 45.2 Å². The molecule has 0 aromatic rings. The molecule has 0 bridgehead atoms. The van der Waals surface area contributed by atoms with Crippen LogP contribution in [-0.4, -0.2) is 28.7 Å². The lowest BCUT2D eigenvalue weighted by Crippen LogP contribution is -2.34. The lowest BCUT2D eigenvalue weighted by Gasteiger charge is -2.25. The lowest BCUT2D eigenvalue weighted by atomic mass is 10.1. The molecule has 0 N–H and O–H groups in total. The molecule has 0 rings (SSSR count). The van der Waals surface area contributed by atoms with Crippen LogP contribution in [0.25, 0.3) is 0 Å². The van der Waals surface area contributed by atoms with Crippen LogP contribution in [0.2, 0.25) is 0 Å². The van der Waals surface area contributed by atoms with Crippen LogP contribution < -0.4 is 0 Å². The Labute approximate surface area is 93.3 Å². The zero-order chi connectivity index (χ0) is 10.4. The SMILES string of the molecule is CC(C)CN(CC(=S)S)CC(C)C. The summed E-state index contributed by atoms with van der Waals surface area (Å²) >= 11 is 9.17. The average Bonchev–Trinajstić information content (AvgIpc) is 1.80. The Morgan fingerprint density at radius 1 is 1.15 bits per heavy atom. The van der Waals surface area contributed by atoms with Crippen molar-refractivity contribution < 1.29 is 0 Å². The van der Waals surface area contributed by atoms with Gasteiger partial charge in [0.15, 0.2) is 0 Å². The Hall–Kier alpha value is 0.400. The highest BCUT2D eigenvalue weighted by Gasteiger charge is 2.09. The van der Waals surface area contributed by atoms with E-state index in [4.69, 9.17) is 12.2 Å². The molecule has 0 fully saturated rings. The van der Waals surface area contributed by atoms with E-state index >= 15 is 0 Å². The second-order valence-corrected chi connectivity index (χ2v) is 5.71. The minimum atomic E-state index is 0.696. The van der Waals surface area contributed by atoms with E-state index in [1.807, 2.05) is 0 Å². The van der Waals surface area contributed by atoms with Crippen molar-refractivity contribution in [1.82, 2.24) is 4.90 Å². The maximum Gasteiger partial charge on any atom is 0.0588 e. The molecule has 0 radical (unpaired) electrons. The average molecular weight is 219 g/mol. The van der Waals surface area contributed by atoms with Gasteiger partial charge in [-0.1, -0.05) is 39.9 Å². The third-order valence-electron chi connectivity index (χ3n) is 1.61. The summed E-state index contributed by atoms with van der Waals surface area (Å²) in [6.07, 6.45) is 0. The van der Waals surface area contributed by atoms with Gasteiger partial charge in [-0.05, 0) is 11.8 Å². The van der Waals surface area contributed by atoms with Crippen molar-refractivity contribution in [2.24, 2.45) is 11.8 Å². The molecule has 0 saturated carbocycles. The van der Waals surface area contributed by atoms with Gasteiger partial charge in [0.05, 0.1) is 4.20 Å². The molecule has 0 unspecified atom stereocenters. The van der Waals surface area contributed by atoms with Gasteiger partial charge in [-0.25, -0.2) is 0 Å². The van der Waals surface area contributed by atoms with Gasteiger partial charge < -0.3 is 0 Å². The molecule has 0 amide bonds. The summed E-state index contributed by atoms with van der Waals surface area (Å²) < 4.78 is 0.793. The molecule has 0 heterocycles. The molecule has 0 aliphatic carbocycles. The normalized spacial score (nSPS) is 11.7. The number of rotatable bonds is 6. The first-order chi connectivity index (χ1) is 5.91. The minimum absolute atomic E-state index is 0.696. The molecule has 0 aromatic carbocycles. The molecule has 78 valence electrons. The van der Waals surface area contributed by atoms with Crippen molar-refractivity contribution in [2.45, 2.75) is 27.7 Å². The monoisotopic (exact) mass is 219 g/mol. The fourth-order valence-corrected chi connectivity index (χ4v) is 1.81. The first-order valence-electron chi connectivity index (χ1n) is 4.86. The van der Waals surface area contributed by atoms with Crippen LogP contribution in [0.15, 0.2) is 0 Å². The van der Waals surface area contributed by atoms with E-state index in [1.165, 1.54) is 0 Å². The summed E-state index contributed by atoms with van der Waals surface area (Å²) in [5, 5.41) is 0. The van der Waals surface area contributed by atoms with E-state index < -0.39 is 0 Å². The maximum absolute atomic E-state index is 5.00. The fourth-order valence-electron chi connectivity index (χ4n) is 1.43. The summed E-state index contributed by atoms with van der Waals surface area (Å²) in [7, 11) is 0.